The fourth-order valence-corrected chi connectivity index (χ4v) is 9.45. The molecular formula is C63H109NO13. The highest BCUT2D eigenvalue weighted by Crippen LogP contribution is 2.30. The van der Waals surface area contributed by atoms with E-state index in [4.69, 9.17) is 18.9 Å². The van der Waals surface area contributed by atoms with Crippen LogP contribution >= 0.6 is 0 Å². The first-order chi connectivity index (χ1) is 37.6. The van der Waals surface area contributed by atoms with Crippen LogP contribution in [-0.4, -0.2) is 140 Å². The van der Waals surface area contributed by atoms with E-state index in [-0.39, 0.29) is 18.9 Å². The van der Waals surface area contributed by atoms with Gasteiger partial charge in [-0.05, 0) is 77.0 Å². The third-order valence-electron chi connectivity index (χ3n) is 14.3. The summed E-state index contributed by atoms with van der Waals surface area (Å²) >= 11 is 0. The van der Waals surface area contributed by atoms with Gasteiger partial charge in [-0.1, -0.05) is 214 Å². The Kier molecular flexibility index (Phi) is 43.7. The molecule has 444 valence electrons. The number of hydrogen-bond donors (Lipinski definition) is 9. The predicted molar refractivity (Wildman–Crippen MR) is 309 cm³/mol. The van der Waals surface area contributed by atoms with E-state index in [9.17, 15) is 45.6 Å². The molecule has 0 saturated carbocycles. The molecule has 0 aromatic rings. The predicted octanol–water partition coefficient (Wildman–Crippen LogP) is 10.5. The fourth-order valence-electron chi connectivity index (χ4n) is 9.45. The van der Waals surface area contributed by atoms with Crippen LogP contribution in [0.2, 0.25) is 0 Å². The number of allylic oxidation sites excluding steroid dienone is 13. The third kappa shape index (κ3) is 33.5. The molecule has 1 amide bonds. The lowest BCUT2D eigenvalue weighted by atomic mass is 9.97. The normalized spacial score (nSPS) is 25.3. The molecule has 2 rings (SSSR count). The van der Waals surface area contributed by atoms with Crippen LogP contribution in [0.1, 0.15) is 213 Å². The van der Waals surface area contributed by atoms with Gasteiger partial charge in [0.25, 0.3) is 0 Å². The minimum atomic E-state index is -1.80. The van der Waals surface area contributed by atoms with Crippen molar-refractivity contribution in [2.24, 2.45) is 0 Å². The van der Waals surface area contributed by atoms with Gasteiger partial charge in [-0.2, -0.15) is 0 Å². The number of ether oxygens (including phenoxy) is 4. The minimum absolute atomic E-state index is 0.230. The van der Waals surface area contributed by atoms with Crippen LogP contribution in [0.5, 0.6) is 0 Å². The first kappa shape index (κ1) is 70.3. The van der Waals surface area contributed by atoms with Crippen LogP contribution in [0.4, 0.5) is 0 Å². The summed E-state index contributed by atoms with van der Waals surface area (Å²) in [5.74, 6) is -0.283. The molecule has 9 N–H and O–H groups in total. The highest BCUT2D eigenvalue weighted by atomic mass is 16.7. The number of aliphatic hydroxyl groups is 8. The number of unbranched alkanes of at least 4 members (excludes halogenated alkanes) is 22. The number of nitrogens with one attached hydrogen (secondary N) is 1. The van der Waals surface area contributed by atoms with Crippen LogP contribution in [-0.2, 0) is 23.7 Å². The molecule has 2 aliphatic heterocycles. The molecule has 14 nitrogen and oxygen atoms in total. The lowest BCUT2D eigenvalue weighted by molar-refractivity contribution is -0.359. The van der Waals surface area contributed by atoms with E-state index in [0.717, 1.165) is 64.2 Å². The average molecular weight is 1090 g/mol. The maximum absolute atomic E-state index is 13.2. The van der Waals surface area contributed by atoms with Crippen LogP contribution in [0.25, 0.3) is 0 Å². The molecule has 2 fully saturated rings. The molecule has 0 spiro atoms. The second-order valence-electron chi connectivity index (χ2n) is 21.1. The Morgan fingerprint density at radius 3 is 1.43 bits per heavy atom. The van der Waals surface area contributed by atoms with E-state index in [2.05, 4.69) is 92.1 Å². The smallest absolute Gasteiger partial charge is 0.220 e. The largest absolute Gasteiger partial charge is 0.394 e. The Hall–Kier alpha value is -2.83. The molecule has 0 aliphatic carbocycles. The van der Waals surface area contributed by atoms with Crippen LogP contribution in [0.15, 0.2) is 85.1 Å². The molecule has 0 aromatic carbocycles. The minimum Gasteiger partial charge on any atom is -0.394 e. The quantitative estimate of drug-likeness (QED) is 0.0204. The van der Waals surface area contributed by atoms with Crippen molar-refractivity contribution in [1.82, 2.24) is 5.32 Å². The number of rotatable bonds is 47. The molecule has 77 heavy (non-hydrogen) atoms. The SMILES string of the molecule is CC/C=C\C/C=C\C/C=C\C/C=C\C/C=C\CCCCCC(=O)NC(COC1OC(CO)C(OC2OC(CO)C(O)C(O)C2O)C(O)C1O)C(O)/C=C/CC/C=C/CCCCCCCCCCCCCCCCCCCC. The first-order valence-corrected chi connectivity index (χ1v) is 30.3. The van der Waals surface area contributed by atoms with Gasteiger partial charge >= 0.3 is 0 Å². The van der Waals surface area contributed by atoms with Gasteiger partial charge in [-0.25, -0.2) is 0 Å². The van der Waals surface area contributed by atoms with Crippen LogP contribution in [0, 0.1) is 0 Å². The molecule has 2 saturated heterocycles. The molecule has 0 radical (unpaired) electrons. The maximum atomic E-state index is 13.2. The lowest BCUT2D eigenvalue weighted by Gasteiger charge is -2.46. The van der Waals surface area contributed by atoms with Gasteiger partial charge in [-0.3, -0.25) is 4.79 Å². The maximum Gasteiger partial charge on any atom is 0.220 e. The Morgan fingerprint density at radius 1 is 0.481 bits per heavy atom. The van der Waals surface area contributed by atoms with Crippen molar-refractivity contribution in [2.45, 2.75) is 286 Å². The summed E-state index contributed by atoms with van der Waals surface area (Å²) in [6.07, 6.45) is 47.7. The van der Waals surface area contributed by atoms with E-state index in [1.165, 1.54) is 116 Å². The lowest BCUT2D eigenvalue weighted by Crippen LogP contribution is -2.65. The second-order valence-corrected chi connectivity index (χ2v) is 21.1. The molecule has 2 heterocycles. The highest BCUT2D eigenvalue weighted by molar-refractivity contribution is 5.76. The summed E-state index contributed by atoms with van der Waals surface area (Å²) in [4.78, 5) is 13.2. The van der Waals surface area contributed by atoms with E-state index in [0.29, 0.717) is 12.8 Å². The Bertz CT molecular complexity index is 1610. The molecule has 0 aromatic heterocycles. The molecule has 0 bridgehead atoms. The average Bonchev–Trinajstić information content (AvgIpc) is 3.44. The van der Waals surface area contributed by atoms with Crippen molar-refractivity contribution < 1.29 is 64.6 Å². The zero-order valence-corrected chi connectivity index (χ0v) is 47.7. The third-order valence-corrected chi connectivity index (χ3v) is 14.3. The van der Waals surface area contributed by atoms with Crippen molar-refractivity contribution in [3.8, 4) is 0 Å². The van der Waals surface area contributed by atoms with Gasteiger partial charge in [0.15, 0.2) is 12.6 Å². The molecule has 2 aliphatic rings. The zero-order chi connectivity index (χ0) is 56.0. The summed E-state index contributed by atoms with van der Waals surface area (Å²) in [5, 5.41) is 87.1. The molecular weight excluding hydrogens is 979 g/mol. The Balaban J connectivity index is 1.80. The number of amides is 1. The molecule has 14 heteroatoms. The van der Waals surface area contributed by atoms with Crippen molar-refractivity contribution >= 4 is 5.91 Å². The summed E-state index contributed by atoms with van der Waals surface area (Å²) in [5.41, 5.74) is 0. The van der Waals surface area contributed by atoms with Gasteiger partial charge in [0.1, 0.15) is 48.8 Å². The van der Waals surface area contributed by atoms with Gasteiger partial charge < -0.3 is 65.1 Å². The topological polar surface area (TPSA) is 228 Å². The molecule has 12 atom stereocenters. The van der Waals surface area contributed by atoms with Gasteiger partial charge in [0, 0.05) is 6.42 Å². The van der Waals surface area contributed by atoms with Gasteiger partial charge in [0.2, 0.25) is 5.91 Å². The van der Waals surface area contributed by atoms with Gasteiger partial charge in [-0.15, -0.1) is 0 Å². The Labute approximate surface area is 465 Å². The van der Waals surface area contributed by atoms with E-state index < -0.39 is 86.8 Å². The van der Waals surface area contributed by atoms with E-state index in [1.807, 2.05) is 6.08 Å². The van der Waals surface area contributed by atoms with E-state index >= 15 is 0 Å². The van der Waals surface area contributed by atoms with Crippen molar-refractivity contribution in [2.75, 3.05) is 19.8 Å². The standard InChI is InChI=1S/C63H109NO13/c1-3-5-7-9-11-13-15-17-19-21-23-24-25-26-27-29-30-32-34-36-38-40-42-44-46-52(67)51(64-55(68)47-45-43-41-39-37-35-33-31-28-22-20-18-16-14-12-10-8-6-4-2)50-74-62-60(73)58(71)61(54(49-66)76-62)77-63-59(72)57(70)56(69)53(48-65)75-63/h6,8,12,14,18,20,28,31,35-38,44,46,51-54,56-63,65-67,69-73H,3-5,7,9-11,13,15-17,19,21-27,29-30,32-34,39-43,45,47-50H2,1-2H3,(H,64,68)/b8-6-,14-12-,20-18-,31-28-,37-35-,38-36+,46-44+. The summed E-state index contributed by atoms with van der Waals surface area (Å²) in [6.45, 7) is 2.64. The Morgan fingerprint density at radius 2 is 0.909 bits per heavy atom. The fraction of sp³-hybridized carbons (Fsp3) is 0.762. The van der Waals surface area contributed by atoms with Gasteiger partial charge in [0.05, 0.1) is 32.0 Å². The van der Waals surface area contributed by atoms with Crippen molar-refractivity contribution in [1.29, 1.82) is 0 Å². The summed E-state index contributed by atoms with van der Waals surface area (Å²) in [6, 6.07) is -0.955. The number of aliphatic hydroxyl groups excluding tert-OH is 8. The highest BCUT2D eigenvalue weighted by Gasteiger charge is 2.51. The first-order valence-electron chi connectivity index (χ1n) is 30.3. The molecule has 12 unspecified atom stereocenters. The zero-order valence-electron chi connectivity index (χ0n) is 47.7. The van der Waals surface area contributed by atoms with Crippen LogP contribution in [0.3, 0.4) is 0 Å². The summed E-state index contributed by atoms with van der Waals surface area (Å²) < 4.78 is 22.7. The van der Waals surface area contributed by atoms with Crippen molar-refractivity contribution in [3.63, 3.8) is 0 Å². The van der Waals surface area contributed by atoms with Crippen LogP contribution < -0.4 is 5.32 Å². The van der Waals surface area contributed by atoms with Crippen molar-refractivity contribution in [3.05, 3.63) is 85.1 Å². The van der Waals surface area contributed by atoms with E-state index in [1.54, 1.807) is 6.08 Å². The second kappa shape index (κ2) is 47.9. The number of hydrogen-bond acceptors (Lipinski definition) is 13. The summed E-state index contributed by atoms with van der Waals surface area (Å²) in [7, 11) is 0. The monoisotopic (exact) mass is 1090 g/mol. The number of carbonyl (C=O) groups excluding carboxylic acids is 1. The number of carbonyl (C=O) groups is 1.